The van der Waals surface area contributed by atoms with Gasteiger partial charge in [0.25, 0.3) is 5.69 Å². The third kappa shape index (κ3) is 3.48. The van der Waals surface area contributed by atoms with Gasteiger partial charge in [0.1, 0.15) is 0 Å². The van der Waals surface area contributed by atoms with Gasteiger partial charge in [0.05, 0.1) is 28.2 Å². The van der Waals surface area contributed by atoms with E-state index in [0.717, 1.165) is 19.3 Å². The Morgan fingerprint density at radius 3 is 2.85 bits per heavy atom. The number of hydrogen-bond donors (Lipinski definition) is 1. The van der Waals surface area contributed by atoms with Gasteiger partial charge in [-0.1, -0.05) is 30.5 Å². The van der Waals surface area contributed by atoms with E-state index >= 15 is 0 Å². The number of rotatable bonds is 5. The molecule has 1 aromatic rings. The van der Waals surface area contributed by atoms with Crippen LogP contribution in [0.25, 0.3) is 0 Å². The Hall–Kier alpha value is -1.17. The van der Waals surface area contributed by atoms with Gasteiger partial charge in [-0.3, -0.25) is 10.1 Å². The molecule has 2 atom stereocenters. The van der Waals surface area contributed by atoms with Gasteiger partial charge in [0.15, 0.2) is 0 Å². The van der Waals surface area contributed by atoms with Crippen LogP contribution in [0.1, 0.15) is 31.2 Å². The summed E-state index contributed by atoms with van der Waals surface area (Å²) in [5.41, 5.74) is 6.21. The minimum Gasteiger partial charge on any atom is -0.373 e. The van der Waals surface area contributed by atoms with E-state index < -0.39 is 4.92 Å². The van der Waals surface area contributed by atoms with Crippen molar-refractivity contribution in [2.24, 2.45) is 11.7 Å². The molecule has 0 spiro atoms. The number of nitrogens with zero attached hydrogens (tertiary/aromatic N) is 1. The highest BCUT2D eigenvalue weighted by Gasteiger charge is 2.26. The Morgan fingerprint density at radius 2 is 2.15 bits per heavy atom. The van der Waals surface area contributed by atoms with Crippen molar-refractivity contribution in [2.45, 2.75) is 38.4 Å². The van der Waals surface area contributed by atoms with Gasteiger partial charge in [-0.25, -0.2) is 0 Å². The van der Waals surface area contributed by atoms with Crippen molar-refractivity contribution < 1.29 is 9.66 Å². The van der Waals surface area contributed by atoms with Gasteiger partial charge >= 0.3 is 0 Å². The molecule has 0 heterocycles. The fourth-order valence-corrected chi connectivity index (χ4v) is 2.94. The lowest BCUT2D eigenvalue weighted by atomic mass is 9.86. The standard InChI is InChI=1S/C14H19ClN2O3/c15-12-5-3-6-13(17(18)19)11(12)9-20-14-7-2-1-4-10(14)8-16/h3,5-6,10,14H,1-2,4,7-9,16H2. The smallest absolute Gasteiger partial charge is 0.276 e. The maximum atomic E-state index is 11.0. The summed E-state index contributed by atoms with van der Waals surface area (Å²) in [6, 6.07) is 4.67. The summed E-state index contributed by atoms with van der Waals surface area (Å²) in [6.07, 6.45) is 4.38. The van der Waals surface area contributed by atoms with Crippen LogP contribution in [0, 0.1) is 16.0 Å². The molecule has 0 amide bonds. The van der Waals surface area contributed by atoms with Crippen LogP contribution in [0.4, 0.5) is 5.69 Å². The SMILES string of the molecule is NCC1CCCCC1OCc1c(Cl)cccc1[N+](=O)[O-]. The molecule has 0 saturated heterocycles. The lowest BCUT2D eigenvalue weighted by Crippen LogP contribution is -2.33. The Balaban J connectivity index is 2.08. The van der Waals surface area contributed by atoms with E-state index in [0.29, 0.717) is 23.0 Å². The molecule has 5 nitrogen and oxygen atoms in total. The van der Waals surface area contributed by atoms with Crippen LogP contribution in [0.5, 0.6) is 0 Å². The first kappa shape index (κ1) is 15.2. The zero-order valence-electron chi connectivity index (χ0n) is 11.3. The fourth-order valence-electron chi connectivity index (χ4n) is 2.71. The summed E-state index contributed by atoms with van der Waals surface area (Å²) in [7, 11) is 0. The molecule has 0 aliphatic heterocycles. The summed E-state index contributed by atoms with van der Waals surface area (Å²) in [6.45, 7) is 0.756. The molecular weight excluding hydrogens is 280 g/mol. The number of benzene rings is 1. The number of hydrogen-bond acceptors (Lipinski definition) is 4. The molecule has 1 saturated carbocycles. The van der Waals surface area contributed by atoms with Crippen LogP contribution in [0.2, 0.25) is 5.02 Å². The molecule has 1 aliphatic rings. The summed E-state index contributed by atoms with van der Waals surface area (Å²) >= 11 is 6.05. The molecule has 1 fully saturated rings. The molecule has 1 aromatic carbocycles. The van der Waals surface area contributed by atoms with E-state index in [-0.39, 0.29) is 18.4 Å². The van der Waals surface area contributed by atoms with Gasteiger partial charge in [-0.05, 0) is 31.4 Å². The van der Waals surface area contributed by atoms with Gasteiger partial charge in [0, 0.05) is 6.07 Å². The number of nitrogens with two attached hydrogens (primary N) is 1. The van der Waals surface area contributed by atoms with Gasteiger partial charge in [-0.15, -0.1) is 0 Å². The topological polar surface area (TPSA) is 78.4 Å². The lowest BCUT2D eigenvalue weighted by Gasteiger charge is -2.30. The fraction of sp³-hybridized carbons (Fsp3) is 0.571. The van der Waals surface area contributed by atoms with Crippen molar-refractivity contribution in [2.75, 3.05) is 6.54 Å². The first-order valence-corrected chi connectivity index (χ1v) is 7.24. The van der Waals surface area contributed by atoms with E-state index in [2.05, 4.69) is 0 Å². The van der Waals surface area contributed by atoms with E-state index in [4.69, 9.17) is 22.1 Å². The molecule has 0 radical (unpaired) electrons. The molecule has 110 valence electrons. The summed E-state index contributed by atoms with van der Waals surface area (Å²) in [5, 5.41) is 11.4. The molecule has 2 unspecified atom stereocenters. The third-order valence-corrected chi connectivity index (χ3v) is 4.23. The molecule has 0 aromatic heterocycles. The van der Waals surface area contributed by atoms with Crippen LogP contribution >= 0.6 is 11.6 Å². The highest BCUT2D eigenvalue weighted by atomic mass is 35.5. The van der Waals surface area contributed by atoms with Crippen LogP contribution in [0.15, 0.2) is 18.2 Å². The molecule has 20 heavy (non-hydrogen) atoms. The Kier molecular flexibility index (Phi) is 5.34. The minimum absolute atomic E-state index is 0.0117. The third-order valence-electron chi connectivity index (χ3n) is 3.87. The van der Waals surface area contributed by atoms with Crippen molar-refractivity contribution in [1.82, 2.24) is 0 Å². The second-order valence-electron chi connectivity index (χ2n) is 5.12. The Morgan fingerprint density at radius 1 is 1.40 bits per heavy atom. The quantitative estimate of drug-likeness (QED) is 0.668. The normalized spacial score (nSPS) is 22.7. The zero-order chi connectivity index (χ0) is 14.5. The lowest BCUT2D eigenvalue weighted by molar-refractivity contribution is -0.386. The van der Waals surface area contributed by atoms with Crippen molar-refractivity contribution in [1.29, 1.82) is 0 Å². The second kappa shape index (κ2) is 7.02. The van der Waals surface area contributed by atoms with Crippen molar-refractivity contribution in [3.05, 3.63) is 38.9 Å². The van der Waals surface area contributed by atoms with E-state index in [1.54, 1.807) is 12.1 Å². The minimum atomic E-state index is -0.425. The van der Waals surface area contributed by atoms with Crippen LogP contribution < -0.4 is 5.73 Å². The van der Waals surface area contributed by atoms with Crippen molar-refractivity contribution >= 4 is 17.3 Å². The first-order valence-electron chi connectivity index (χ1n) is 6.87. The van der Waals surface area contributed by atoms with Crippen LogP contribution in [-0.2, 0) is 11.3 Å². The number of nitro benzene ring substituents is 1. The zero-order valence-corrected chi connectivity index (χ0v) is 12.0. The van der Waals surface area contributed by atoms with Gasteiger partial charge in [0.2, 0.25) is 0 Å². The van der Waals surface area contributed by atoms with E-state index in [9.17, 15) is 10.1 Å². The van der Waals surface area contributed by atoms with Crippen molar-refractivity contribution in [3.63, 3.8) is 0 Å². The summed E-state index contributed by atoms with van der Waals surface area (Å²) in [4.78, 5) is 10.6. The largest absolute Gasteiger partial charge is 0.373 e. The molecule has 2 rings (SSSR count). The average Bonchev–Trinajstić information content (AvgIpc) is 2.46. The summed E-state index contributed by atoms with van der Waals surface area (Å²) < 4.78 is 5.88. The van der Waals surface area contributed by atoms with Gasteiger partial charge < -0.3 is 10.5 Å². The number of nitro groups is 1. The maximum absolute atomic E-state index is 11.0. The first-order chi connectivity index (χ1) is 9.63. The van der Waals surface area contributed by atoms with E-state index in [1.807, 2.05) is 0 Å². The Bertz CT molecular complexity index is 481. The van der Waals surface area contributed by atoms with E-state index in [1.165, 1.54) is 12.5 Å². The maximum Gasteiger partial charge on any atom is 0.276 e. The van der Waals surface area contributed by atoms with Crippen LogP contribution in [0.3, 0.4) is 0 Å². The Labute approximate surface area is 123 Å². The average molecular weight is 299 g/mol. The molecule has 2 N–H and O–H groups in total. The summed E-state index contributed by atoms with van der Waals surface area (Å²) in [5.74, 6) is 0.338. The molecule has 6 heteroatoms. The predicted molar refractivity (Wildman–Crippen MR) is 77.7 cm³/mol. The number of ether oxygens (including phenoxy) is 1. The molecule has 0 bridgehead atoms. The highest BCUT2D eigenvalue weighted by molar-refractivity contribution is 6.31. The van der Waals surface area contributed by atoms with Crippen LogP contribution in [-0.4, -0.2) is 17.6 Å². The monoisotopic (exact) mass is 298 g/mol. The highest BCUT2D eigenvalue weighted by Crippen LogP contribution is 2.31. The van der Waals surface area contributed by atoms with Crippen molar-refractivity contribution in [3.8, 4) is 0 Å². The number of halogens is 1. The molecule has 1 aliphatic carbocycles. The van der Waals surface area contributed by atoms with Gasteiger partial charge in [-0.2, -0.15) is 0 Å². The second-order valence-corrected chi connectivity index (χ2v) is 5.53. The molecular formula is C14H19ClN2O3. The predicted octanol–water partition coefficient (Wildman–Crippen LogP) is 3.28.